The number of nitrogens with zero attached hydrogens (tertiary/aromatic N) is 2. The lowest BCUT2D eigenvalue weighted by atomic mass is 9.92. The number of likely N-dealkylation sites (N-methyl/N-ethyl adjacent to an activating group) is 1. The van der Waals surface area contributed by atoms with E-state index < -0.39 is 53.5 Å². The number of amides is 1. The predicted octanol–water partition coefficient (Wildman–Crippen LogP) is 6.90. The van der Waals surface area contributed by atoms with Crippen LogP contribution in [0.1, 0.15) is 58.8 Å². The van der Waals surface area contributed by atoms with Crippen molar-refractivity contribution in [2.24, 2.45) is 0 Å². The highest BCUT2D eigenvalue weighted by Gasteiger charge is 2.36. The molecule has 1 aromatic heterocycles. The standard InChI is InChI=1S/C37H37F4N3O5/c1-6-48-32(46)19-29-27-17-25(15-22(3)34(27)38)33-21(2)9-7-12-30(33)49-26-11-8-10-23(16-26)35(36(47)42-29)44-20-24(13-14-43(4)5)28(18-31(44)45)37(39,40)41/h7-12,15-18,20,29,35H,6,13-14,19H2,1-5H3,(H,42,47)/t29-,35+/m0/s1. The third-order valence-electron chi connectivity index (χ3n) is 8.40. The number of hydrogen-bond donors (Lipinski definition) is 1. The van der Waals surface area contributed by atoms with Gasteiger partial charge in [0.2, 0.25) is 5.91 Å². The molecule has 2 heterocycles. The van der Waals surface area contributed by atoms with Crippen LogP contribution in [0.25, 0.3) is 11.1 Å². The molecule has 2 atom stereocenters. The monoisotopic (exact) mass is 679 g/mol. The van der Waals surface area contributed by atoms with Crippen LogP contribution in [0.2, 0.25) is 0 Å². The average molecular weight is 680 g/mol. The van der Waals surface area contributed by atoms with Crippen LogP contribution < -0.4 is 15.6 Å². The minimum atomic E-state index is -4.82. The molecule has 0 aliphatic carbocycles. The van der Waals surface area contributed by atoms with E-state index in [0.717, 1.165) is 16.3 Å². The van der Waals surface area contributed by atoms with E-state index in [9.17, 15) is 27.6 Å². The van der Waals surface area contributed by atoms with Crippen molar-refractivity contribution in [2.45, 2.75) is 51.9 Å². The summed E-state index contributed by atoms with van der Waals surface area (Å²) in [7, 11) is 3.41. The summed E-state index contributed by atoms with van der Waals surface area (Å²) >= 11 is 0. The Bertz CT molecular complexity index is 1950. The highest BCUT2D eigenvalue weighted by Crippen LogP contribution is 2.40. The van der Waals surface area contributed by atoms with Crippen LogP contribution in [0.3, 0.4) is 0 Å². The number of carbonyl (C=O) groups is 2. The number of benzene rings is 3. The topological polar surface area (TPSA) is 89.9 Å². The molecule has 0 saturated carbocycles. The van der Waals surface area contributed by atoms with Gasteiger partial charge in [0.15, 0.2) is 0 Å². The smallest absolute Gasteiger partial charge is 0.416 e. The third kappa shape index (κ3) is 7.69. The summed E-state index contributed by atoms with van der Waals surface area (Å²) in [4.78, 5) is 42.5. The zero-order chi connectivity index (χ0) is 35.6. The fourth-order valence-corrected chi connectivity index (χ4v) is 6.08. The zero-order valence-electron chi connectivity index (χ0n) is 27.8. The van der Waals surface area contributed by atoms with E-state index in [4.69, 9.17) is 9.47 Å². The lowest BCUT2D eigenvalue weighted by molar-refractivity contribution is -0.144. The molecular formula is C37H37F4N3O5. The molecule has 0 spiro atoms. The molecule has 49 heavy (non-hydrogen) atoms. The van der Waals surface area contributed by atoms with Crippen molar-refractivity contribution in [1.82, 2.24) is 14.8 Å². The van der Waals surface area contributed by atoms with Crippen molar-refractivity contribution in [3.8, 4) is 22.6 Å². The zero-order valence-corrected chi connectivity index (χ0v) is 27.8. The molecule has 4 aromatic rings. The van der Waals surface area contributed by atoms with Crippen LogP contribution in [0.15, 0.2) is 71.7 Å². The van der Waals surface area contributed by atoms with Crippen LogP contribution in [-0.4, -0.2) is 48.6 Å². The van der Waals surface area contributed by atoms with Gasteiger partial charge in [-0.3, -0.25) is 19.0 Å². The molecule has 1 amide bonds. The molecule has 1 N–H and O–H groups in total. The van der Waals surface area contributed by atoms with Gasteiger partial charge in [0, 0.05) is 29.9 Å². The van der Waals surface area contributed by atoms with Gasteiger partial charge in [-0.2, -0.15) is 13.2 Å². The predicted molar refractivity (Wildman–Crippen MR) is 176 cm³/mol. The van der Waals surface area contributed by atoms with Gasteiger partial charge >= 0.3 is 12.1 Å². The SMILES string of the molecule is CCOC(=O)C[C@@H]1NC(=O)[C@H](n2cc(CCN(C)C)c(C(F)(F)F)cc2=O)c2cccc(c2)Oc2cccc(C)c2-c2cc(C)c(F)c1c2. The van der Waals surface area contributed by atoms with Gasteiger partial charge in [-0.25, -0.2) is 4.39 Å². The minimum Gasteiger partial charge on any atom is -0.466 e. The molecule has 5 rings (SSSR count). The van der Waals surface area contributed by atoms with Gasteiger partial charge < -0.3 is 19.7 Å². The number of fused-ring (bicyclic) bond motifs is 6. The summed E-state index contributed by atoms with van der Waals surface area (Å²) in [5.74, 6) is -1.53. The van der Waals surface area contributed by atoms with E-state index in [1.165, 1.54) is 12.1 Å². The second-order valence-corrected chi connectivity index (χ2v) is 12.3. The van der Waals surface area contributed by atoms with E-state index in [1.807, 2.05) is 13.0 Å². The summed E-state index contributed by atoms with van der Waals surface area (Å²) in [5.41, 5.74) is 0.102. The van der Waals surface area contributed by atoms with E-state index in [2.05, 4.69) is 5.32 Å². The summed E-state index contributed by atoms with van der Waals surface area (Å²) in [5, 5.41) is 2.75. The number of pyridine rings is 1. The summed E-state index contributed by atoms with van der Waals surface area (Å²) < 4.78 is 70.9. The van der Waals surface area contributed by atoms with Gasteiger partial charge in [-0.05, 0) is 99.4 Å². The maximum Gasteiger partial charge on any atom is 0.416 e. The van der Waals surface area contributed by atoms with E-state index in [1.54, 1.807) is 69.2 Å². The molecule has 0 fully saturated rings. The number of nitrogens with one attached hydrogen (secondary N) is 1. The number of ether oxygens (including phenoxy) is 2. The second-order valence-electron chi connectivity index (χ2n) is 12.3. The van der Waals surface area contributed by atoms with Gasteiger partial charge in [-0.1, -0.05) is 24.3 Å². The highest BCUT2D eigenvalue weighted by atomic mass is 19.4. The number of alkyl halides is 3. The number of hydrogen-bond acceptors (Lipinski definition) is 6. The molecule has 258 valence electrons. The molecule has 0 radical (unpaired) electrons. The molecular weight excluding hydrogens is 642 g/mol. The first-order valence-electron chi connectivity index (χ1n) is 15.8. The molecule has 3 aromatic carbocycles. The quantitative estimate of drug-likeness (QED) is 0.169. The Morgan fingerprint density at radius 1 is 1.02 bits per heavy atom. The largest absolute Gasteiger partial charge is 0.466 e. The molecule has 8 nitrogen and oxygen atoms in total. The van der Waals surface area contributed by atoms with Crippen LogP contribution in [-0.2, 0) is 26.9 Å². The number of rotatable bonds is 7. The first-order chi connectivity index (χ1) is 23.2. The number of aryl methyl sites for hydroxylation is 2. The fourth-order valence-electron chi connectivity index (χ4n) is 6.08. The Morgan fingerprint density at radius 3 is 2.45 bits per heavy atom. The maximum absolute atomic E-state index is 16.0. The summed E-state index contributed by atoms with van der Waals surface area (Å²) in [6.45, 7) is 5.31. The van der Waals surface area contributed by atoms with E-state index in [0.29, 0.717) is 22.9 Å². The van der Waals surface area contributed by atoms with Crippen molar-refractivity contribution in [3.05, 3.63) is 116 Å². The lowest BCUT2D eigenvalue weighted by Crippen LogP contribution is -2.41. The first kappa shape index (κ1) is 35.3. The Labute approximate surface area is 281 Å². The van der Waals surface area contributed by atoms with Gasteiger partial charge in [0.05, 0.1) is 24.6 Å². The third-order valence-corrected chi connectivity index (χ3v) is 8.40. The fraction of sp³-hybridized carbons (Fsp3) is 0.324. The Kier molecular flexibility index (Phi) is 10.3. The molecule has 1 aliphatic rings. The molecule has 0 saturated heterocycles. The van der Waals surface area contributed by atoms with Crippen molar-refractivity contribution in [3.63, 3.8) is 0 Å². The molecule has 12 heteroatoms. The Balaban J connectivity index is 1.78. The van der Waals surface area contributed by atoms with E-state index >= 15 is 4.39 Å². The van der Waals surface area contributed by atoms with Gasteiger partial charge in [0.1, 0.15) is 23.4 Å². The number of esters is 1. The minimum absolute atomic E-state index is 0.0123. The Morgan fingerprint density at radius 2 is 1.76 bits per heavy atom. The summed E-state index contributed by atoms with van der Waals surface area (Å²) in [6.07, 6.45) is -4.30. The van der Waals surface area contributed by atoms with Crippen molar-refractivity contribution in [2.75, 3.05) is 27.2 Å². The van der Waals surface area contributed by atoms with Gasteiger partial charge in [-0.15, -0.1) is 0 Å². The van der Waals surface area contributed by atoms with Crippen molar-refractivity contribution >= 4 is 11.9 Å². The Hall–Kier alpha value is -4.97. The second kappa shape index (κ2) is 14.3. The van der Waals surface area contributed by atoms with Crippen LogP contribution in [0.4, 0.5) is 17.6 Å². The number of halogens is 4. The van der Waals surface area contributed by atoms with Crippen molar-refractivity contribution in [1.29, 1.82) is 0 Å². The van der Waals surface area contributed by atoms with E-state index in [-0.39, 0.29) is 47.6 Å². The number of aromatic nitrogens is 1. The molecule has 0 unspecified atom stereocenters. The first-order valence-corrected chi connectivity index (χ1v) is 15.8. The lowest BCUT2D eigenvalue weighted by Gasteiger charge is -2.26. The molecule has 1 aliphatic heterocycles. The van der Waals surface area contributed by atoms with Gasteiger partial charge in [0.25, 0.3) is 5.56 Å². The maximum atomic E-state index is 16.0. The average Bonchev–Trinajstić information content (AvgIpc) is 3.02. The van der Waals surface area contributed by atoms with Crippen LogP contribution >= 0.6 is 0 Å². The molecule has 4 bridgehead atoms. The normalized spacial score (nSPS) is 16.1. The van der Waals surface area contributed by atoms with Crippen molar-refractivity contribution < 1.29 is 36.6 Å². The van der Waals surface area contributed by atoms with Crippen LogP contribution in [0.5, 0.6) is 11.5 Å². The van der Waals surface area contributed by atoms with Crippen LogP contribution in [0, 0.1) is 19.7 Å². The summed E-state index contributed by atoms with van der Waals surface area (Å²) in [6, 6.07) is 12.6. The number of carbonyl (C=O) groups excluding carboxylic acids is 2. The highest BCUT2D eigenvalue weighted by molar-refractivity contribution is 5.85.